The summed E-state index contributed by atoms with van der Waals surface area (Å²) in [5, 5.41) is 0. The standard InChI is InChI=1S/C16H19N3O/c1-3-19(11-13-7-5-4-6-8-13)16(20)15-9-14(17)10-18-12(15)2/h4-10H,3,11,17H2,1-2H3. The van der Waals surface area contributed by atoms with Gasteiger partial charge in [0.05, 0.1) is 23.1 Å². The van der Waals surface area contributed by atoms with Crippen molar-refractivity contribution in [2.45, 2.75) is 20.4 Å². The van der Waals surface area contributed by atoms with Gasteiger partial charge in [-0.05, 0) is 25.5 Å². The first-order valence-corrected chi connectivity index (χ1v) is 6.67. The predicted octanol–water partition coefficient (Wildman–Crippen LogP) is 2.63. The van der Waals surface area contributed by atoms with E-state index in [0.717, 1.165) is 5.56 Å². The van der Waals surface area contributed by atoms with E-state index in [4.69, 9.17) is 5.73 Å². The molecule has 0 atom stereocenters. The monoisotopic (exact) mass is 269 g/mol. The zero-order chi connectivity index (χ0) is 14.5. The third kappa shape index (κ3) is 3.15. The van der Waals surface area contributed by atoms with E-state index in [0.29, 0.717) is 30.0 Å². The van der Waals surface area contributed by atoms with Crippen LogP contribution in [0.5, 0.6) is 0 Å². The Morgan fingerprint density at radius 1 is 1.30 bits per heavy atom. The molecular weight excluding hydrogens is 250 g/mol. The minimum atomic E-state index is -0.0337. The van der Waals surface area contributed by atoms with Crippen molar-refractivity contribution in [3.63, 3.8) is 0 Å². The molecule has 2 rings (SSSR count). The molecule has 0 radical (unpaired) electrons. The first kappa shape index (κ1) is 14.1. The molecule has 0 saturated carbocycles. The first-order chi connectivity index (χ1) is 9.61. The Morgan fingerprint density at radius 2 is 2.00 bits per heavy atom. The van der Waals surface area contributed by atoms with Crippen molar-refractivity contribution in [1.29, 1.82) is 0 Å². The van der Waals surface area contributed by atoms with Gasteiger partial charge >= 0.3 is 0 Å². The molecule has 104 valence electrons. The van der Waals surface area contributed by atoms with Crippen molar-refractivity contribution in [2.75, 3.05) is 12.3 Å². The van der Waals surface area contributed by atoms with E-state index in [1.807, 2.05) is 44.2 Å². The van der Waals surface area contributed by atoms with Crippen LogP contribution in [-0.2, 0) is 6.54 Å². The van der Waals surface area contributed by atoms with Gasteiger partial charge in [0.25, 0.3) is 5.91 Å². The Morgan fingerprint density at radius 3 is 2.65 bits per heavy atom. The van der Waals surface area contributed by atoms with Crippen molar-refractivity contribution in [1.82, 2.24) is 9.88 Å². The fourth-order valence-electron chi connectivity index (χ4n) is 2.07. The van der Waals surface area contributed by atoms with E-state index in [1.54, 1.807) is 17.2 Å². The summed E-state index contributed by atoms with van der Waals surface area (Å²) in [5.41, 5.74) is 8.62. The Kier molecular flexibility index (Phi) is 4.35. The molecule has 0 fully saturated rings. The summed E-state index contributed by atoms with van der Waals surface area (Å²) in [6.07, 6.45) is 1.57. The molecule has 1 heterocycles. The molecule has 0 bridgehead atoms. The van der Waals surface area contributed by atoms with Gasteiger partial charge in [-0.2, -0.15) is 0 Å². The summed E-state index contributed by atoms with van der Waals surface area (Å²) >= 11 is 0. The topological polar surface area (TPSA) is 59.2 Å². The van der Waals surface area contributed by atoms with E-state index in [2.05, 4.69) is 4.98 Å². The van der Waals surface area contributed by atoms with Crippen molar-refractivity contribution in [3.8, 4) is 0 Å². The van der Waals surface area contributed by atoms with Gasteiger partial charge in [-0.25, -0.2) is 0 Å². The Hall–Kier alpha value is -2.36. The summed E-state index contributed by atoms with van der Waals surface area (Å²) in [6.45, 7) is 5.02. The minimum Gasteiger partial charge on any atom is -0.397 e. The fraction of sp³-hybridized carbons (Fsp3) is 0.250. The number of pyridine rings is 1. The fourth-order valence-corrected chi connectivity index (χ4v) is 2.07. The lowest BCUT2D eigenvalue weighted by Crippen LogP contribution is -2.31. The highest BCUT2D eigenvalue weighted by Gasteiger charge is 2.17. The first-order valence-electron chi connectivity index (χ1n) is 6.67. The number of rotatable bonds is 4. The van der Waals surface area contributed by atoms with E-state index in [-0.39, 0.29) is 5.91 Å². The molecule has 0 spiro atoms. The normalized spacial score (nSPS) is 10.3. The van der Waals surface area contributed by atoms with Crippen LogP contribution in [0.1, 0.15) is 28.5 Å². The average molecular weight is 269 g/mol. The van der Waals surface area contributed by atoms with Crippen LogP contribution in [0, 0.1) is 6.92 Å². The largest absolute Gasteiger partial charge is 0.397 e. The zero-order valence-corrected chi connectivity index (χ0v) is 11.8. The van der Waals surface area contributed by atoms with E-state index >= 15 is 0 Å². The highest BCUT2D eigenvalue weighted by atomic mass is 16.2. The van der Waals surface area contributed by atoms with Gasteiger partial charge in [-0.1, -0.05) is 30.3 Å². The summed E-state index contributed by atoms with van der Waals surface area (Å²) in [5.74, 6) is -0.0337. The maximum Gasteiger partial charge on any atom is 0.256 e. The summed E-state index contributed by atoms with van der Waals surface area (Å²) < 4.78 is 0. The molecule has 1 amide bonds. The maximum atomic E-state index is 12.6. The van der Waals surface area contributed by atoms with Crippen molar-refractivity contribution >= 4 is 11.6 Å². The number of nitrogens with two attached hydrogens (primary N) is 1. The Balaban J connectivity index is 2.23. The molecule has 20 heavy (non-hydrogen) atoms. The second-order valence-corrected chi connectivity index (χ2v) is 4.71. The Labute approximate surface area is 119 Å². The van der Waals surface area contributed by atoms with Crippen LogP contribution in [0.3, 0.4) is 0 Å². The molecule has 1 aromatic heterocycles. The van der Waals surface area contributed by atoms with Crippen LogP contribution in [0.25, 0.3) is 0 Å². The van der Waals surface area contributed by atoms with Gasteiger partial charge in [0.15, 0.2) is 0 Å². The molecule has 4 heteroatoms. The number of hydrogen-bond acceptors (Lipinski definition) is 3. The lowest BCUT2D eigenvalue weighted by atomic mass is 10.1. The second kappa shape index (κ2) is 6.19. The van der Waals surface area contributed by atoms with Crippen LogP contribution in [0.4, 0.5) is 5.69 Å². The number of carbonyl (C=O) groups is 1. The number of amides is 1. The summed E-state index contributed by atoms with van der Waals surface area (Å²) in [7, 11) is 0. The van der Waals surface area contributed by atoms with Crippen molar-refractivity contribution in [3.05, 3.63) is 59.4 Å². The van der Waals surface area contributed by atoms with Crippen LogP contribution in [-0.4, -0.2) is 22.3 Å². The lowest BCUT2D eigenvalue weighted by Gasteiger charge is -2.22. The molecular formula is C16H19N3O. The van der Waals surface area contributed by atoms with Crippen LogP contribution < -0.4 is 5.73 Å². The number of aryl methyl sites for hydroxylation is 1. The van der Waals surface area contributed by atoms with Gasteiger partial charge in [0, 0.05) is 13.1 Å². The number of carbonyl (C=O) groups excluding carboxylic acids is 1. The number of anilines is 1. The van der Waals surface area contributed by atoms with Crippen molar-refractivity contribution in [2.24, 2.45) is 0 Å². The van der Waals surface area contributed by atoms with Gasteiger partial charge in [0.2, 0.25) is 0 Å². The SMILES string of the molecule is CCN(Cc1ccccc1)C(=O)c1cc(N)cnc1C. The molecule has 0 unspecified atom stereocenters. The highest BCUT2D eigenvalue weighted by Crippen LogP contribution is 2.14. The number of nitrogen functional groups attached to an aromatic ring is 1. The number of hydrogen-bond donors (Lipinski definition) is 1. The van der Waals surface area contributed by atoms with Crippen molar-refractivity contribution < 1.29 is 4.79 Å². The number of nitrogens with zero attached hydrogens (tertiary/aromatic N) is 2. The molecule has 1 aromatic carbocycles. The van der Waals surface area contributed by atoms with E-state index < -0.39 is 0 Å². The minimum absolute atomic E-state index is 0.0337. The average Bonchev–Trinajstić information content (AvgIpc) is 2.47. The Bertz CT molecular complexity index is 596. The number of benzene rings is 1. The van der Waals surface area contributed by atoms with Crippen LogP contribution >= 0.6 is 0 Å². The smallest absolute Gasteiger partial charge is 0.256 e. The van der Waals surface area contributed by atoms with Gasteiger partial charge in [0.1, 0.15) is 0 Å². The predicted molar refractivity (Wildman–Crippen MR) is 80.2 cm³/mol. The lowest BCUT2D eigenvalue weighted by molar-refractivity contribution is 0.0751. The van der Waals surface area contributed by atoms with Crippen LogP contribution in [0.2, 0.25) is 0 Å². The number of aromatic nitrogens is 1. The molecule has 2 N–H and O–H groups in total. The van der Waals surface area contributed by atoms with E-state index in [1.165, 1.54) is 0 Å². The third-order valence-corrected chi connectivity index (χ3v) is 3.22. The molecule has 0 saturated heterocycles. The maximum absolute atomic E-state index is 12.6. The van der Waals surface area contributed by atoms with Gasteiger partial charge in [-0.15, -0.1) is 0 Å². The summed E-state index contributed by atoms with van der Waals surface area (Å²) in [4.78, 5) is 18.5. The highest BCUT2D eigenvalue weighted by molar-refractivity contribution is 5.95. The molecule has 2 aromatic rings. The van der Waals surface area contributed by atoms with Gasteiger partial charge in [-0.3, -0.25) is 9.78 Å². The molecule has 0 aliphatic rings. The molecule has 0 aliphatic heterocycles. The summed E-state index contributed by atoms with van der Waals surface area (Å²) in [6, 6.07) is 11.6. The van der Waals surface area contributed by atoms with Gasteiger partial charge < -0.3 is 10.6 Å². The quantitative estimate of drug-likeness (QED) is 0.928. The van der Waals surface area contributed by atoms with Crippen LogP contribution in [0.15, 0.2) is 42.6 Å². The third-order valence-electron chi connectivity index (χ3n) is 3.22. The zero-order valence-electron chi connectivity index (χ0n) is 11.8. The molecule has 0 aliphatic carbocycles. The second-order valence-electron chi connectivity index (χ2n) is 4.71. The van der Waals surface area contributed by atoms with E-state index in [9.17, 15) is 4.79 Å². The molecule has 4 nitrogen and oxygen atoms in total.